The second-order valence-corrected chi connectivity index (χ2v) is 6.91. The zero-order chi connectivity index (χ0) is 20.1. The van der Waals surface area contributed by atoms with E-state index in [4.69, 9.17) is 18.9 Å². The highest BCUT2D eigenvalue weighted by Crippen LogP contribution is 2.25. The van der Waals surface area contributed by atoms with Crippen LogP contribution in [0.5, 0.6) is 0 Å². The molecule has 1 aliphatic heterocycles. The first-order valence-electron chi connectivity index (χ1n) is 8.87. The van der Waals surface area contributed by atoms with E-state index in [-0.39, 0.29) is 18.3 Å². The van der Waals surface area contributed by atoms with Gasteiger partial charge in [-0.3, -0.25) is 15.3 Å². The smallest absolute Gasteiger partial charge is 0.413 e. The van der Waals surface area contributed by atoms with Crippen molar-refractivity contribution in [3.63, 3.8) is 0 Å². The van der Waals surface area contributed by atoms with Gasteiger partial charge >= 0.3 is 6.09 Å². The van der Waals surface area contributed by atoms with Crippen LogP contribution < -0.4 is 10.0 Å². The average molecular weight is 399 g/mol. The summed E-state index contributed by atoms with van der Waals surface area (Å²) in [6.45, 7) is 1.86. The molecule has 2 radical (unpaired) electrons. The van der Waals surface area contributed by atoms with Crippen LogP contribution >= 0.6 is 0 Å². The van der Waals surface area contributed by atoms with E-state index >= 15 is 0 Å². The van der Waals surface area contributed by atoms with Crippen LogP contribution in [0.15, 0.2) is 36.5 Å². The van der Waals surface area contributed by atoms with Crippen LogP contribution in [0.1, 0.15) is 13.3 Å². The molecular formula is C19H22AlN3O5. The molecule has 146 valence electrons. The first-order valence-corrected chi connectivity index (χ1v) is 9.45. The molecule has 1 aliphatic rings. The van der Waals surface area contributed by atoms with Gasteiger partial charge in [0, 0.05) is 42.8 Å². The summed E-state index contributed by atoms with van der Waals surface area (Å²) in [5, 5.41) is 2.70. The third-order valence-electron chi connectivity index (χ3n) is 4.53. The Balaban J connectivity index is 1.58. The molecule has 2 aromatic rings. The second kappa shape index (κ2) is 9.46. The monoisotopic (exact) mass is 399 g/mol. The average Bonchev–Trinajstić information content (AvgIpc) is 2.68. The Kier molecular flexibility index (Phi) is 6.99. The van der Waals surface area contributed by atoms with Crippen molar-refractivity contribution in [2.75, 3.05) is 19.5 Å². The number of nitrogens with zero attached hydrogens (tertiary/aromatic N) is 2. The fourth-order valence-corrected chi connectivity index (χ4v) is 3.40. The molecule has 1 N–H and O–H groups in total. The summed E-state index contributed by atoms with van der Waals surface area (Å²) in [5.41, 5.74) is 2.33. The lowest BCUT2D eigenvalue weighted by Crippen LogP contribution is -2.50. The fraction of sp³-hybridized carbons (Fsp3) is 0.421. The molecule has 8 nitrogen and oxygen atoms in total. The van der Waals surface area contributed by atoms with Gasteiger partial charge in [0.05, 0.1) is 17.9 Å². The van der Waals surface area contributed by atoms with E-state index in [1.807, 2.05) is 25.1 Å². The van der Waals surface area contributed by atoms with Gasteiger partial charge in [0.1, 0.15) is 6.10 Å². The molecule has 9 heteroatoms. The molecule has 4 atom stereocenters. The number of hydrogen-bond donors (Lipinski definition) is 1. The Hall–Kier alpha value is -2.02. The number of rotatable bonds is 5. The van der Waals surface area contributed by atoms with Crippen molar-refractivity contribution in [1.82, 2.24) is 9.97 Å². The van der Waals surface area contributed by atoms with Gasteiger partial charge in [0.25, 0.3) is 0 Å². The van der Waals surface area contributed by atoms with Crippen LogP contribution in [0, 0.1) is 0 Å². The summed E-state index contributed by atoms with van der Waals surface area (Å²) in [5.74, 6) is 0. The van der Waals surface area contributed by atoms with Crippen molar-refractivity contribution in [2.24, 2.45) is 0 Å². The fourth-order valence-electron chi connectivity index (χ4n) is 3.17. The molecule has 0 bridgehead atoms. The van der Waals surface area contributed by atoms with E-state index < -0.39 is 12.4 Å². The highest BCUT2D eigenvalue weighted by molar-refractivity contribution is 6.29. The van der Waals surface area contributed by atoms with E-state index in [1.165, 1.54) is 0 Å². The van der Waals surface area contributed by atoms with Crippen LogP contribution in [0.2, 0.25) is 0 Å². The van der Waals surface area contributed by atoms with E-state index in [1.54, 1.807) is 32.5 Å². The van der Waals surface area contributed by atoms with Crippen molar-refractivity contribution in [2.45, 2.75) is 37.9 Å². The Bertz CT molecular complexity index is 804. The summed E-state index contributed by atoms with van der Waals surface area (Å²) < 4.78 is 22.5. The Morgan fingerprint density at radius 3 is 2.61 bits per heavy atom. The minimum atomic E-state index is -0.702. The van der Waals surface area contributed by atoms with Crippen molar-refractivity contribution < 1.29 is 23.7 Å². The van der Waals surface area contributed by atoms with Crippen molar-refractivity contribution in [3.05, 3.63) is 36.5 Å². The molecule has 0 saturated carbocycles. The molecule has 1 saturated heterocycles. The normalized spacial score (nSPS) is 24.5. The number of amides is 1. The number of ether oxygens (including phenoxy) is 4. The molecule has 28 heavy (non-hydrogen) atoms. The number of methoxy groups -OCH3 is 2. The summed E-state index contributed by atoms with van der Waals surface area (Å²) in [4.78, 5) is 20.6. The number of hydrogen-bond acceptors (Lipinski definition) is 7. The van der Waals surface area contributed by atoms with Gasteiger partial charge in [-0.05, 0) is 25.1 Å². The highest BCUT2D eigenvalue weighted by atomic mass is 27.0. The summed E-state index contributed by atoms with van der Waals surface area (Å²) in [6.07, 6.45) is 0.134. The zero-order valence-corrected chi connectivity index (χ0v) is 17.1. The molecule has 1 amide bonds. The van der Waals surface area contributed by atoms with Crippen molar-refractivity contribution >= 4 is 32.8 Å². The van der Waals surface area contributed by atoms with Crippen LogP contribution in [-0.2, 0) is 18.9 Å². The number of anilines is 1. The van der Waals surface area contributed by atoms with Crippen LogP contribution in [-0.4, -0.2) is 71.2 Å². The summed E-state index contributed by atoms with van der Waals surface area (Å²) in [7, 11) is 3.21. The highest BCUT2D eigenvalue weighted by Gasteiger charge is 2.38. The molecule has 3 rings (SSSR count). The third-order valence-corrected chi connectivity index (χ3v) is 4.81. The molecule has 1 fully saturated rings. The predicted molar refractivity (Wildman–Crippen MR) is 104 cm³/mol. The topological polar surface area (TPSA) is 91.8 Å². The SMILES string of the molecule is CO[C@H]1[C@H](C)O[C@@H](OC(=O)Nc2ccc(-c3ccn[c]([Al])n3)cc2)C[C@@H]1OC. The van der Waals surface area contributed by atoms with Gasteiger partial charge in [0.2, 0.25) is 22.6 Å². The maximum atomic E-state index is 12.2. The van der Waals surface area contributed by atoms with Crippen molar-refractivity contribution in [1.29, 1.82) is 0 Å². The second-order valence-electron chi connectivity index (χ2n) is 6.39. The van der Waals surface area contributed by atoms with E-state index in [0.717, 1.165) is 11.3 Å². The van der Waals surface area contributed by atoms with Crippen LogP contribution in [0.25, 0.3) is 11.3 Å². The van der Waals surface area contributed by atoms with Crippen LogP contribution in [0.3, 0.4) is 0 Å². The predicted octanol–water partition coefficient (Wildman–Crippen LogP) is 1.65. The minimum Gasteiger partial charge on any atom is -0.419 e. The molecule has 2 heterocycles. The third kappa shape index (κ3) is 5.07. The Labute approximate surface area is 172 Å². The molecule has 0 spiro atoms. The van der Waals surface area contributed by atoms with Crippen molar-refractivity contribution in [3.8, 4) is 11.3 Å². The van der Waals surface area contributed by atoms with Gasteiger partial charge in [-0.25, -0.2) is 4.79 Å². The molecule has 0 unspecified atom stereocenters. The van der Waals surface area contributed by atoms with Gasteiger partial charge in [0.15, 0.2) is 0 Å². The van der Waals surface area contributed by atoms with Gasteiger partial charge in [-0.15, -0.1) is 0 Å². The number of benzene rings is 1. The molecule has 0 aliphatic carbocycles. The first-order chi connectivity index (χ1) is 13.5. The zero-order valence-electron chi connectivity index (χ0n) is 16.0. The maximum Gasteiger partial charge on any atom is 0.413 e. The molecule has 1 aromatic carbocycles. The van der Waals surface area contributed by atoms with E-state index in [2.05, 4.69) is 31.6 Å². The maximum absolute atomic E-state index is 12.2. The lowest BCUT2D eigenvalue weighted by molar-refractivity contribution is -0.235. The van der Waals surface area contributed by atoms with Crippen LogP contribution in [0.4, 0.5) is 10.5 Å². The minimum absolute atomic E-state index is 0.204. The lowest BCUT2D eigenvalue weighted by atomic mass is 10.0. The quantitative estimate of drug-likeness (QED) is 0.765. The number of carbonyl (C=O) groups excluding carboxylic acids is 1. The largest absolute Gasteiger partial charge is 0.419 e. The molecule has 1 aromatic heterocycles. The van der Waals surface area contributed by atoms with Gasteiger partial charge in [-0.2, -0.15) is 0 Å². The summed E-state index contributed by atoms with van der Waals surface area (Å²) >= 11 is 2.47. The lowest BCUT2D eigenvalue weighted by Gasteiger charge is -2.38. The Morgan fingerprint density at radius 1 is 1.21 bits per heavy atom. The number of aromatic nitrogens is 2. The number of carbonyl (C=O) groups is 1. The first kappa shape index (κ1) is 20.7. The van der Waals surface area contributed by atoms with E-state index in [9.17, 15) is 4.79 Å². The Morgan fingerprint density at radius 2 is 1.96 bits per heavy atom. The summed E-state index contributed by atoms with van der Waals surface area (Å²) in [6, 6.07) is 9.12. The van der Waals surface area contributed by atoms with E-state index in [0.29, 0.717) is 16.8 Å². The van der Waals surface area contributed by atoms with Gasteiger partial charge in [-0.1, -0.05) is 12.1 Å². The van der Waals surface area contributed by atoms with Gasteiger partial charge < -0.3 is 18.9 Å². The molecular weight excluding hydrogens is 377 g/mol. The standard InChI is InChI=1S/C19H22N3O5.Al/c1-12-18(25-3)16(24-2)10-17(26-12)27-19(23)22-14-6-4-13(5-7-14)15-8-9-20-11-21-15;/h4-9,12,16-18H,10H2,1-3H3,(H,22,23);/t12-,16-,17-,18-;/m0./s1. The number of nitrogens with one attached hydrogen (secondary N) is 1.